The van der Waals surface area contributed by atoms with Crippen molar-refractivity contribution in [2.75, 3.05) is 11.9 Å². The van der Waals surface area contributed by atoms with Crippen LogP contribution in [0.5, 0.6) is 0 Å². The number of likely N-dealkylation sites (N-methyl/N-ethyl adjacent to an activating group) is 1. The average Bonchev–Trinajstić information content (AvgIpc) is 2.99. The van der Waals surface area contributed by atoms with E-state index >= 15 is 0 Å². The van der Waals surface area contributed by atoms with E-state index in [-0.39, 0.29) is 11.5 Å². The fourth-order valence-electron chi connectivity index (χ4n) is 3.91. The lowest BCUT2D eigenvalue weighted by molar-refractivity contribution is -0.112. The number of hydrogen-bond acceptors (Lipinski definition) is 3. The Labute approximate surface area is 173 Å². The highest BCUT2D eigenvalue weighted by atomic mass is 16.2. The van der Waals surface area contributed by atoms with Crippen molar-refractivity contribution in [1.29, 1.82) is 0 Å². The predicted molar refractivity (Wildman–Crippen MR) is 120 cm³/mol. The fraction of sp³-hybridized carbons (Fsp3) is 0.0800. The molecule has 0 aliphatic carbocycles. The van der Waals surface area contributed by atoms with Gasteiger partial charge in [0.2, 0.25) is 0 Å². The second-order valence-corrected chi connectivity index (χ2v) is 7.41. The number of aromatic nitrogens is 2. The van der Waals surface area contributed by atoms with Crippen molar-refractivity contribution >= 4 is 34.1 Å². The molecule has 0 radical (unpaired) electrons. The number of anilines is 1. The van der Waals surface area contributed by atoms with E-state index in [2.05, 4.69) is 0 Å². The molecule has 4 aromatic rings. The summed E-state index contributed by atoms with van der Waals surface area (Å²) in [6.07, 6.45) is 1.73. The standard InChI is InChI=1S/C25H19N3O2/c1-16-12-13-22-19(14-16)20(24(29)27(22)2)15-23-26-21-11-7-6-10-18(21)25(30)28(23)17-8-4-3-5-9-17/h3-15H,1-2H3/b20-15+. The highest BCUT2D eigenvalue weighted by Crippen LogP contribution is 2.37. The Morgan fingerprint density at radius 3 is 2.43 bits per heavy atom. The highest BCUT2D eigenvalue weighted by Gasteiger charge is 2.30. The van der Waals surface area contributed by atoms with E-state index in [9.17, 15) is 9.59 Å². The lowest BCUT2D eigenvalue weighted by Gasteiger charge is -2.12. The SMILES string of the molecule is Cc1ccc2c(c1)/C(=C\c1nc3ccccc3c(=O)n1-c1ccccc1)C(=O)N2C. The third kappa shape index (κ3) is 2.75. The van der Waals surface area contributed by atoms with Gasteiger partial charge in [0, 0.05) is 12.6 Å². The molecule has 0 unspecified atom stereocenters. The smallest absolute Gasteiger partial charge is 0.266 e. The first-order valence-electron chi connectivity index (χ1n) is 9.72. The molecular formula is C25H19N3O2. The van der Waals surface area contributed by atoms with Crippen LogP contribution in [-0.4, -0.2) is 22.5 Å². The van der Waals surface area contributed by atoms with Gasteiger partial charge in [-0.05, 0) is 49.4 Å². The molecule has 1 amide bonds. The molecule has 0 N–H and O–H groups in total. The molecule has 146 valence electrons. The van der Waals surface area contributed by atoms with Crippen molar-refractivity contribution in [2.45, 2.75) is 6.92 Å². The zero-order chi connectivity index (χ0) is 20.8. The number of nitrogens with zero attached hydrogens (tertiary/aromatic N) is 3. The van der Waals surface area contributed by atoms with Gasteiger partial charge in [-0.25, -0.2) is 4.98 Å². The minimum atomic E-state index is -0.165. The van der Waals surface area contributed by atoms with Crippen LogP contribution in [0.2, 0.25) is 0 Å². The first-order chi connectivity index (χ1) is 14.5. The van der Waals surface area contributed by atoms with Crippen LogP contribution in [0.1, 0.15) is 17.0 Å². The van der Waals surface area contributed by atoms with Crippen molar-refractivity contribution in [3.8, 4) is 5.69 Å². The Morgan fingerprint density at radius 2 is 1.63 bits per heavy atom. The van der Waals surface area contributed by atoms with Crippen LogP contribution >= 0.6 is 0 Å². The highest BCUT2D eigenvalue weighted by molar-refractivity contribution is 6.35. The first kappa shape index (κ1) is 18.1. The molecule has 5 rings (SSSR count). The van der Waals surface area contributed by atoms with Crippen LogP contribution in [0.3, 0.4) is 0 Å². The number of rotatable bonds is 2. The van der Waals surface area contributed by atoms with E-state index in [4.69, 9.17) is 4.98 Å². The molecule has 1 aliphatic heterocycles. The normalized spacial score (nSPS) is 14.5. The van der Waals surface area contributed by atoms with E-state index in [1.54, 1.807) is 28.7 Å². The summed E-state index contributed by atoms with van der Waals surface area (Å²) in [5.74, 6) is 0.314. The number of amides is 1. The minimum absolute atomic E-state index is 0.113. The topological polar surface area (TPSA) is 55.2 Å². The molecule has 5 nitrogen and oxygen atoms in total. The first-order valence-corrected chi connectivity index (χ1v) is 9.72. The van der Waals surface area contributed by atoms with Crippen LogP contribution in [0.4, 0.5) is 5.69 Å². The van der Waals surface area contributed by atoms with Crippen molar-refractivity contribution in [3.63, 3.8) is 0 Å². The summed E-state index contributed by atoms with van der Waals surface area (Å²) >= 11 is 0. The van der Waals surface area contributed by atoms with E-state index in [0.29, 0.717) is 28.0 Å². The Morgan fingerprint density at radius 1 is 0.900 bits per heavy atom. The number of carbonyl (C=O) groups excluding carboxylic acids is 1. The Kier molecular flexibility index (Phi) is 4.10. The Bertz CT molecular complexity index is 1400. The summed E-state index contributed by atoms with van der Waals surface area (Å²) in [5, 5.41) is 0.537. The van der Waals surface area contributed by atoms with Crippen molar-refractivity contribution in [1.82, 2.24) is 9.55 Å². The number of aryl methyl sites for hydroxylation is 1. The molecule has 5 heteroatoms. The summed E-state index contributed by atoms with van der Waals surface area (Å²) in [6, 6.07) is 22.6. The van der Waals surface area contributed by atoms with Gasteiger partial charge in [-0.1, -0.05) is 42.0 Å². The lowest BCUT2D eigenvalue weighted by Crippen LogP contribution is -2.23. The monoisotopic (exact) mass is 393 g/mol. The van der Waals surface area contributed by atoms with Gasteiger partial charge in [0.1, 0.15) is 5.82 Å². The van der Waals surface area contributed by atoms with Gasteiger partial charge >= 0.3 is 0 Å². The van der Waals surface area contributed by atoms with Crippen LogP contribution in [0, 0.1) is 6.92 Å². The van der Waals surface area contributed by atoms with Gasteiger partial charge in [-0.3, -0.25) is 14.2 Å². The summed E-state index contributed by atoms with van der Waals surface area (Å²) in [7, 11) is 1.76. The second kappa shape index (κ2) is 6.81. The van der Waals surface area contributed by atoms with Crippen LogP contribution < -0.4 is 10.5 Å². The summed E-state index contributed by atoms with van der Waals surface area (Å²) < 4.78 is 1.57. The third-order valence-electron chi connectivity index (χ3n) is 5.43. The molecule has 2 heterocycles. The number of hydrogen-bond donors (Lipinski definition) is 0. The Balaban J connectivity index is 1.83. The van der Waals surface area contributed by atoms with E-state index < -0.39 is 0 Å². The van der Waals surface area contributed by atoms with Crippen molar-refractivity contribution in [2.24, 2.45) is 0 Å². The summed E-state index contributed by atoms with van der Waals surface area (Å²) in [5.41, 5.74) is 4.44. The molecule has 0 atom stereocenters. The fourth-order valence-corrected chi connectivity index (χ4v) is 3.91. The maximum atomic E-state index is 13.4. The number of fused-ring (bicyclic) bond motifs is 2. The van der Waals surface area contributed by atoms with Gasteiger partial charge in [0.15, 0.2) is 0 Å². The molecule has 0 saturated heterocycles. The molecule has 1 aliphatic rings. The van der Waals surface area contributed by atoms with E-state index in [1.165, 1.54) is 0 Å². The van der Waals surface area contributed by atoms with Gasteiger partial charge in [0.05, 0.1) is 27.9 Å². The van der Waals surface area contributed by atoms with Crippen molar-refractivity contribution < 1.29 is 4.79 Å². The molecular weight excluding hydrogens is 374 g/mol. The molecule has 0 saturated carbocycles. The quantitative estimate of drug-likeness (QED) is 0.480. The van der Waals surface area contributed by atoms with E-state index in [1.807, 2.05) is 73.7 Å². The minimum Gasteiger partial charge on any atom is -0.311 e. The van der Waals surface area contributed by atoms with Crippen LogP contribution in [-0.2, 0) is 4.79 Å². The molecule has 1 aromatic heterocycles. The van der Waals surface area contributed by atoms with Crippen LogP contribution in [0.15, 0.2) is 77.6 Å². The second-order valence-electron chi connectivity index (χ2n) is 7.41. The predicted octanol–water partition coefficient (Wildman–Crippen LogP) is 4.21. The van der Waals surface area contributed by atoms with Gasteiger partial charge in [0.25, 0.3) is 11.5 Å². The van der Waals surface area contributed by atoms with Gasteiger partial charge < -0.3 is 4.90 Å². The van der Waals surface area contributed by atoms with Crippen LogP contribution in [0.25, 0.3) is 28.2 Å². The number of carbonyl (C=O) groups is 1. The third-order valence-corrected chi connectivity index (χ3v) is 5.43. The molecule has 0 fully saturated rings. The zero-order valence-corrected chi connectivity index (χ0v) is 16.7. The number of para-hydroxylation sites is 2. The lowest BCUT2D eigenvalue weighted by atomic mass is 10.0. The van der Waals surface area contributed by atoms with E-state index in [0.717, 1.165) is 16.8 Å². The maximum Gasteiger partial charge on any atom is 0.266 e. The van der Waals surface area contributed by atoms with Crippen molar-refractivity contribution in [3.05, 3.63) is 100 Å². The Hall–Kier alpha value is -3.99. The molecule has 0 spiro atoms. The number of benzene rings is 3. The largest absolute Gasteiger partial charge is 0.311 e. The molecule has 3 aromatic carbocycles. The van der Waals surface area contributed by atoms with Gasteiger partial charge in [-0.2, -0.15) is 0 Å². The zero-order valence-electron chi connectivity index (χ0n) is 16.7. The van der Waals surface area contributed by atoms with Gasteiger partial charge in [-0.15, -0.1) is 0 Å². The summed E-state index contributed by atoms with van der Waals surface area (Å²) in [6.45, 7) is 1.99. The summed E-state index contributed by atoms with van der Waals surface area (Å²) in [4.78, 5) is 32.8. The average molecular weight is 393 g/mol. The molecule has 30 heavy (non-hydrogen) atoms. The molecule has 0 bridgehead atoms. The maximum absolute atomic E-state index is 13.4.